The molecule has 0 aliphatic heterocycles. The van der Waals surface area contributed by atoms with Crippen molar-refractivity contribution in [1.82, 2.24) is 5.32 Å². The topological polar surface area (TPSA) is 41.5 Å². The van der Waals surface area contributed by atoms with Crippen LogP contribution in [0.25, 0.3) is 0 Å². The number of aromatic hydroxyl groups is 1. The molecule has 6 heteroatoms. The molecule has 0 radical (unpaired) electrons. The second-order valence-corrected chi connectivity index (χ2v) is 4.84. The normalized spacial score (nSPS) is 10.7. The van der Waals surface area contributed by atoms with Crippen LogP contribution in [-0.2, 0) is 13.1 Å². The molecule has 21 heavy (non-hydrogen) atoms. The lowest BCUT2D eigenvalue weighted by Crippen LogP contribution is -2.14. The second-order valence-electron chi connectivity index (χ2n) is 4.43. The minimum atomic E-state index is -0.984. The number of halogens is 3. The van der Waals surface area contributed by atoms with E-state index in [2.05, 4.69) is 5.32 Å². The highest BCUT2D eigenvalue weighted by Gasteiger charge is 2.10. The molecule has 0 bridgehead atoms. The summed E-state index contributed by atoms with van der Waals surface area (Å²) >= 11 is 6.09. The molecular weight excluding hydrogens is 300 g/mol. The number of hydrogen-bond acceptors (Lipinski definition) is 3. The average Bonchev–Trinajstić information content (AvgIpc) is 2.46. The molecule has 112 valence electrons. The number of hydrogen-bond donors (Lipinski definition) is 2. The maximum Gasteiger partial charge on any atom is 0.187 e. The highest BCUT2D eigenvalue weighted by molar-refractivity contribution is 6.31. The monoisotopic (exact) mass is 313 g/mol. The molecule has 2 aromatic rings. The van der Waals surface area contributed by atoms with Crippen LogP contribution in [0.15, 0.2) is 30.3 Å². The Balaban J connectivity index is 2.05. The summed E-state index contributed by atoms with van der Waals surface area (Å²) in [5.41, 5.74) is 1.15. The van der Waals surface area contributed by atoms with Crippen molar-refractivity contribution >= 4 is 11.6 Å². The highest BCUT2D eigenvalue weighted by atomic mass is 35.5. The largest absolute Gasteiger partial charge is 0.503 e. The first kappa shape index (κ1) is 15.5. The van der Waals surface area contributed by atoms with Gasteiger partial charge in [-0.15, -0.1) is 0 Å². The molecule has 0 saturated carbocycles. The van der Waals surface area contributed by atoms with E-state index < -0.39 is 17.4 Å². The van der Waals surface area contributed by atoms with Gasteiger partial charge in [0.25, 0.3) is 0 Å². The SMILES string of the molecule is COc1cccc(Cl)c1CNCc1cc(F)c(O)c(F)c1. The van der Waals surface area contributed by atoms with E-state index in [9.17, 15) is 8.78 Å². The quantitative estimate of drug-likeness (QED) is 0.886. The van der Waals surface area contributed by atoms with Gasteiger partial charge < -0.3 is 15.2 Å². The van der Waals surface area contributed by atoms with Crippen molar-refractivity contribution in [2.75, 3.05) is 7.11 Å². The lowest BCUT2D eigenvalue weighted by atomic mass is 10.1. The Hall–Kier alpha value is -1.85. The van der Waals surface area contributed by atoms with Gasteiger partial charge in [0.1, 0.15) is 5.75 Å². The van der Waals surface area contributed by atoms with E-state index in [1.54, 1.807) is 25.3 Å². The predicted molar refractivity (Wildman–Crippen MR) is 76.6 cm³/mol. The molecule has 0 fully saturated rings. The predicted octanol–water partition coefficient (Wildman–Crippen LogP) is 3.62. The Kier molecular flexibility index (Phi) is 4.98. The van der Waals surface area contributed by atoms with Crippen molar-refractivity contribution in [2.45, 2.75) is 13.1 Å². The molecule has 3 nitrogen and oxygen atoms in total. The molecule has 2 aromatic carbocycles. The van der Waals surface area contributed by atoms with E-state index >= 15 is 0 Å². The fraction of sp³-hybridized carbons (Fsp3) is 0.200. The Bertz CT molecular complexity index is 627. The average molecular weight is 314 g/mol. The molecule has 0 aromatic heterocycles. The van der Waals surface area contributed by atoms with Crippen LogP contribution < -0.4 is 10.1 Å². The van der Waals surface area contributed by atoms with Gasteiger partial charge in [-0.05, 0) is 29.8 Å². The summed E-state index contributed by atoms with van der Waals surface area (Å²) < 4.78 is 31.6. The van der Waals surface area contributed by atoms with Gasteiger partial charge in [-0.25, -0.2) is 8.78 Å². The van der Waals surface area contributed by atoms with E-state index in [4.69, 9.17) is 21.4 Å². The van der Waals surface area contributed by atoms with Crippen LogP contribution in [0, 0.1) is 11.6 Å². The van der Waals surface area contributed by atoms with Crippen LogP contribution >= 0.6 is 11.6 Å². The summed E-state index contributed by atoms with van der Waals surface area (Å²) in [5.74, 6) is -2.30. The number of nitrogens with one attached hydrogen (secondary N) is 1. The van der Waals surface area contributed by atoms with E-state index in [0.29, 0.717) is 22.9 Å². The van der Waals surface area contributed by atoms with E-state index in [1.807, 2.05) is 0 Å². The van der Waals surface area contributed by atoms with Crippen molar-refractivity contribution < 1.29 is 18.6 Å². The lowest BCUT2D eigenvalue weighted by Gasteiger charge is -2.11. The van der Waals surface area contributed by atoms with Gasteiger partial charge in [0.05, 0.1) is 7.11 Å². The summed E-state index contributed by atoms with van der Waals surface area (Å²) in [5, 5.41) is 12.6. The molecule has 0 aliphatic carbocycles. The van der Waals surface area contributed by atoms with Gasteiger partial charge in [-0.1, -0.05) is 17.7 Å². The Morgan fingerprint density at radius 1 is 1.19 bits per heavy atom. The minimum absolute atomic E-state index is 0.225. The molecule has 0 heterocycles. The number of methoxy groups -OCH3 is 1. The minimum Gasteiger partial charge on any atom is -0.503 e. The number of ether oxygens (including phenoxy) is 1. The first-order valence-electron chi connectivity index (χ1n) is 6.22. The van der Waals surface area contributed by atoms with Crippen LogP contribution in [-0.4, -0.2) is 12.2 Å². The van der Waals surface area contributed by atoms with Crippen molar-refractivity contribution in [3.63, 3.8) is 0 Å². The molecule has 0 spiro atoms. The van der Waals surface area contributed by atoms with Gasteiger partial charge >= 0.3 is 0 Å². The zero-order valence-corrected chi connectivity index (χ0v) is 12.0. The summed E-state index contributed by atoms with van der Waals surface area (Å²) in [6.07, 6.45) is 0. The Morgan fingerprint density at radius 2 is 1.86 bits per heavy atom. The summed E-state index contributed by atoms with van der Waals surface area (Å²) in [6, 6.07) is 7.45. The fourth-order valence-corrected chi connectivity index (χ4v) is 2.19. The van der Waals surface area contributed by atoms with Crippen LogP contribution in [0.3, 0.4) is 0 Å². The summed E-state index contributed by atoms with van der Waals surface area (Å²) in [7, 11) is 1.54. The second kappa shape index (κ2) is 6.74. The van der Waals surface area contributed by atoms with Crippen molar-refractivity contribution in [2.24, 2.45) is 0 Å². The maximum atomic E-state index is 13.2. The first-order chi connectivity index (χ1) is 10.0. The molecule has 0 aliphatic rings. The van der Waals surface area contributed by atoms with Gasteiger partial charge in [0, 0.05) is 23.7 Å². The molecule has 2 N–H and O–H groups in total. The number of phenolic OH excluding ortho intramolecular Hbond substituents is 1. The fourth-order valence-electron chi connectivity index (χ4n) is 1.95. The molecular formula is C15H14ClF2NO2. The van der Waals surface area contributed by atoms with Crippen molar-refractivity contribution in [1.29, 1.82) is 0 Å². The molecule has 0 atom stereocenters. The maximum absolute atomic E-state index is 13.2. The van der Waals surface area contributed by atoms with E-state index in [0.717, 1.165) is 17.7 Å². The van der Waals surface area contributed by atoms with Gasteiger partial charge in [0.2, 0.25) is 0 Å². The van der Waals surface area contributed by atoms with Gasteiger partial charge in [-0.3, -0.25) is 0 Å². The summed E-state index contributed by atoms with van der Waals surface area (Å²) in [6.45, 7) is 0.607. The Morgan fingerprint density at radius 3 is 2.48 bits per heavy atom. The third-order valence-corrected chi connectivity index (χ3v) is 3.36. The van der Waals surface area contributed by atoms with Crippen LogP contribution in [0.5, 0.6) is 11.5 Å². The molecule has 0 saturated heterocycles. The number of benzene rings is 2. The summed E-state index contributed by atoms with van der Waals surface area (Å²) in [4.78, 5) is 0. The van der Waals surface area contributed by atoms with Crippen LogP contribution in [0.2, 0.25) is 5.02 Å². The van der Waals surface area contributed by atoms with E-state index in [1.165, 1.54) is 0 Å². The number of rotatable bonds is 5. The van der Waals surface area contributed by atoms with Crippen LogP contribution in [0.4, 0.5) is 8.78 Å². The number of phenols is 1. The third kappa shape index (κ3) is 3.62. The van der Waals surface area contributed by atoms with Gasteiger partial charge in [-0.2, -0.15) is 0 Å². The van der Waals surface area contributed by atoms with Gasteiger partial charge in [0.15, 0.2) is 17.4 Å². The third-order valence-electron chi connectivity index (χ3n) is 3.00. The molecule has 0 amide bonds. The zero-order chi connectivity index (χ0) is 15.4. The van der Waals surface area contributed by atoms with Crippen molar-refractivity contribution in [3.8, 4) is 11.5 Å². The van der Waals surface area contributed by atoms with E-state index in [-0.39, 0.29) is 6.54 Å². The smallest absolute Gasteiger partial charge is 0.187 e. The lowest BCUT2D eigenvalue weighted by molar-refractivity contribution is 0.394. The standard InChI is InChI=1S/C15H14ClF2NO2/c1-21-14-4-2-3-11(16)10(14)8-19-7-9-5-12(17)15(20)13(18)6-9/h2-6,19-20H,7-8H2,1H3. The van der Waals surface area contributed by atoms with Crippen LogP contribution in [0.1, 0.15) is 11.1 Å². The molecule has 2 rings (SSSR count). The first-order valence-corrected chi connectivity index (χ1v) is 6.59. The van der Waals surface area contributed by atoms with Crippen molar-refractivity contribution in [3.05, 3.63) is 58.1 Å². The Labute approximate surface area is 126 Å². The molecule has 0 unspecified atom stereocenters. The highest BCUT2D eigenvalue weighted by Crippen LogP contribution is 2.26. The zero-order valence-electron chi connectivity index (χ0n) is 11.3.